The summed E-state index contributed by atoms with van der Waals surface area (Å²) in [6, 6.07) is 22.1. The van der Waals surface area contributed by atoms with Gasteiger partial charge in [-0.25, -0.2) is 9.38 Å². The van der Waals surface area contributed by atoms with Gasteiger partial charge in [-0.15, -0.1) is 0 Å². The number of benzodiazepines with no additional fused rings is 1. The van der Waals surface area contributed by atoms with Crippen LogP contribution in [0.2, 0.25) is 0 Å². The summed E-state index contributed by atoms with van der Waals surface area (Å²) in [6.45, 7) is -0.169. The van der Waals surface area contributed by atoms with Crippen LogP contribution in [0.5, 0.6) is 0 Å². The Morgan fingerprint density at radius 2 is 1.69 bits per heavy atom. The molecule has 1 N–H and O–H groups in total. The minimum absolute atomic E-state index is 0.0408. The van der Waals surface area contributed by atoms with Crippen LogP contribution < -0.4 is 10.2 Å². The molecule has 0 radical (unpaired) electrons. The fourth-order valence-electron chi connectivity index (χ4n) is 3.60. The molecule has 1 atom stereocenters. The van der Waals surface area contributed by atoms with Crippen molar-refractivity contribution in [3.63, 3.8) is 0 Å². The van der Waals surface area contributed by atoms with Gasteiger partial charge in [0, 0.05) is 11.1 Å². The number of aliphatic imine (C=N–C) groups is 1. The molecule has 0 aromatic heterocycles. The normalized spacial score (nSPS) is 15.4. The summed E-state index contributed by atoms with van der Waals surface area (Å²) in [5.74, 6) is -1.35. The lowest BCUT2D eigenvalue weighted by Crippen LogP contribution is -2.48. The van der Waals surface area contributed by atoms with Gasteiger partial charge in [0.15, 0.2) is 0 Å². The maximum atomic E-state index is 13.3. The summed E-state index contributed by atoms with van der Waals surface area (Å²) >= 11 is 0. The quantitative estimate of drug-likeness (QED) is 0.612. The van der Waals surface area contributed by atoms with E-state index in [1.807, 2.05) is 42.5 Å². The van der Waals surface area contributed by atoms with Crippen molar-refractivity contribution in [2.24, 2.45) is 4.99 Å². The first-order chi connectivity index (χ1) is 15.6. The van der Waals surface area contributed by atoms with E-state index >= 15 is 0 Å². The average molecular weight is 429 g/mol. The Morgan fingerprint density at radius 3 is 2.41 bits per heavy atom. The first kappa shape index (κ1) is 21.1. The second-order valence-electron chi connectivity index (χ2n) is 7.25. The zero-order valence-electron chi connectivity index (χ0n) is 17.1. The highest BCUT2D eigenvalue weighted by Crippen LogP contribution is 2.27. The molecule has 4 rings (SSSR count). The maximum absolute atomic E-state index is 13.3. The Morgan fingerprint density at radius 1 is 1.00 bits per heavy atom. The fraction of sp³-hybridized carbons (Fsp3) is 0.120. The fourth-order valence-corrected chi connectivity index (χ4v) is 3.60. The van der Waals surface area contributed by atoms with Gasteiger partial charge in [-0.1, -0.05) is 60.7 Å². The van der Waals surface area contributed by atoms with E-state index in [-0.39, 0.29) is 13.0 Å². The molecule has 0 bridgehead atoms. The summed E-state index contributed by atoms with van der Waals surface area (Å²) in [7, 11) is 0. The molecule has 6 nitrogen and oxygen atoms in total. The highest BCUT2D eigenvalue weighted by Gasteiger charge is 2.32. The second kappa shape index (κ2) is 9.34. The summed E-state index contributed by atoms with van der Waals surface area (Å²) in [5, 5.41) is 2.67. The van der Waals surface area contributed by atoms with Gasteiger partial charge in [-0.2, -0.15) is 0 Å². The number of hydrogen-bond donors (Lipinski definition) is 1. The zero-order valence-corrected chi connectivity index (χ0v) is 17.1. The molecule has 0 aliphatic carbocycles. The Balaban J connectivity index is 1.72. The van der Waals surface area contributed by atoms with Crippen molar-refractivity contribution in [2.45, 2.75) is 12.6 Å². The van der Waals surface area contributed by atoms with Crippen molar-refractivity contribution in [1.29, 1.82) is 0 Å². The van der Waals surface area contributed by atoms with Crippen LogP contribution >= 0.6 is 0 Å². The van der Waals surface area contributed by atoms with Crippen LogP contribution in [0.15, 0.2) is 83.9 Å². The van der Waals surface area contributed by atoms with Gasteiger partial charge in [0.05, 0.1) is 24.4 Å². The van der Waals surface area contributed by atoms with Crippen LogP contribution in [0.25, 0.3) is 0 Å². The number of carbonyl (C=O) groups is 3. The number of para-hydroxylation sites is 1. The molecule has 32 heavy (non-hydrogen) atoms. The number of fused-ring (bicyclic) bond motifs is 1. The van der Waals surface area contributed by atoms with E-state index in [4.69, 9.17) is 0 Å². The highest BCUT2D eigenvalue weighted by atomic mass is 19.1. The van der Waals surface area contributed by atoms with Crippen molar-refractivity contribution in [2.75, 3.05) is 11.4 Å². The third-order valence-electron chi connectivity index (χ3n) is 5.09. The molecule has 1 aliphatic rings. The van der Waals surface area contributed by atoms with Crippen LogP contribution in [-0.2, 0) is 20.8 Å². The van der Waals surface area contributed by atoms with E-state index < -0.39 is 23.8 Å². The van der Waals surface area contributed by atoms with E-state index in [1.165, 1.54) is 29.2 Å². The van der Waals surface area contributed by atoms with Crippen LogP contribution in [0.4, 0.5) is 10.1 Å². The van der Waals surface area contributed by atoms with Crippen LogP contribution in [0.3, 0.4) is 0 Å². The third-order valence-corrected chi connectivity index (χ3v) is 5.09. The molecule has 1 heterocycles. The van der Waals surface area contributed by atoms with E-state index in [1.54, 1.807) is 12.1 Å². The zero-order chi connectivity index (χ0) is 22.5. The van der Waals surface area contributed by atoms with Gasteiger partial charge >= 0.3 is 0 Å². The molecule has 3 aromatic carbocycles. The number of rotatable bonds is 6. The molecule has 160 valence electrons. The van der Waals surface area contributed by atoms with Crippen molar-refractivity contribution >= 4 is 29.5 Å². The van der Waals surface area contributed by atoms with Crippen molar-refractivity contribution in [3.8, 4) is 0 Å². The van der Waals surface area contributed by atoms with Gasteiger partial charge in [-0.3, -0.25) is 9.59 Å². The maximum Gasteiger partial charge on any atom is 0.272 e. The summed E-state index contributed by atoms with van der Waals surface area (Å²) in [6.07, 6.45) is -0.619. The molecule has 0 spiro atoms. The molecule has 3 aromatic rings. The van der Waals surface area contributed by atoms with Gasteiger partial charge in [0.1, 0.15) is 12.1 Å². The lowest BCUT2D eigenvalue weighted by molar-refractivity contribution is -0.127. The van der Waals surface area contributed by atoms with Gasteiger partial charge in [0.2, 0.25) is 12.1 Å². The first-order valence-electron chi connectivity index (χ1n) is 10.1. The monoisotopic (exact) mass is 429 g/mol. The summed E-state index contributed by atoms with van der Waals surface area (Å²) in [5.41, 5.74) is 3.14. The SMILES string of the molecule is O=CCN1C(=O)C(NC(=O)Cc2ccc(F)cc2)N=C(c2ccccc2)c2ccccc21. The van der Waals surface area contributed by atoms with Crippen molar-refractivity contribution in [1.82, 2.24) is 5.32 Å². The lowest BCUT2D eigenvalue weighted by Gasteiger charge is -2.23. The lowest BCUT2D eigenvalue weighted by atomic mass is 10.0. The highest BCUT2D eigenvalue weighted by molar-refractivity contribution is 6.20. The predicted octanol–water partition coefficient (Wildman–Crippen LogP) is 2.89. The second-order valence-corrected chi connectivity index (χ2v) is 7.25. The number of nitrogens with one attached hydrogen (secondary N) is 1. The van der Waals surface area contributed by atoms with Crippen molar-refractivity contribution < 1.29 is 18.8 Å². The number of halogens is 1. The van der Waals surface area contributed by atoms with Crippen LogP contribution in [0, 0.1) is 5.82 Å². The molecule has 0 saturated heterocycles. The molecule has 2 amide bonds. The van der Waals surface area contributed by atoms with Crippen LogP contribution in [-0.4, -0.2) is 36.5 Å². The Kier molecular flexibility index (Phi) is 6.17. The van der Waals surface area contributed by atoms with Crippen LogP contribution in [0.1, 0.15) is 16.7 Å². The summed E-state index contributed by atoms with van der Waals surface area (Å²) in [4.78, 5) is 43.3. The Hall–Kier alpha value is -4.13. The average Bonchev–Trinajstić information content (AvgIpc) is 2.92. The topological polar surface area (TPSA) is 78.8 Å². The first-order valence-corrected chi connectivity index (χ1v) is 10.1. The molecule has 1 unspecified atom stereocenters. The number of aldehydes is 1. The molecular formula is C25H20FN3O3. The van der Waals surface area contributed by atoms with E-state index in [0.717, 1.165) is 5.56 Å². The molecule has 7 heteroatoms. The number of hydrogen-bond acceptors (Lipinski definition) is 4. The van der Waals surface area contributed by atoms with Gasteiger partial charge < -0.3 is 15.0 Å². The minimum Gasteiger partial charge on any atom is -0.326 e. The molecule has 1 aliphatic heterocycles. The molecular weight excluding hydrogens is 409 g/mol. The number of anilines is 1. The minimum atomic E-state index is -1.22. The Bertz CT molecular complexity index is 1180. The standard InChI is InChI=1S/C25H20FN3O3/c26-19-12-10-17(11-13-19)16-22(31)27-24-25(32)29(14-15-30)21-9-5-4-8-20(21)23(28-24)18-6-2-1-3-7-18/h1-13,15,24H,14,16H2,(H,27,31). The number of benzene rings is 3. The largest absolute Gasteiger partial charge is 0.326 e. The number of amides is 2. The van der Waals surface area contributed by atoms with E-state index in [0.29, 0.717) is 28.8 Å². The van der Waals surface area contributed by atoms with E-state index in [9.17, 15) is 18.8 Å². The molecule has 0 saturated carbocycles. The third kappa shape index (κ3) is 4.46. The number of nitrogens with zero attached hydrogens (tertiary/aromatic N) is 2. The van der Waals surface area contributed by atoms with Gasteiger partial charge in [-0.05, 0) is 23.8 Å². The number of carbonyl (C=O) groups excluding carboxylic acids is 3. The molecule has 0 fully saturated rings. The van der Waals surface area contributed by atoms with Crippen molar-refractivity contribution in [3.05, 3.63) is 101 Å². The Labute approximate surface area is 184 Å². The van der Waals surface area contributed by atoms with E-state index in [2.05, 4.69) is 10.3 Å². The smallest absolute Gasteiger partial charge is 0.272 e. The summed E-state index contributed by atoms with van der Waals surface area (Å²) < 4.78 is 13.1. The van der Waals surface area contributed by atoms with Gasteiger partial charge in [0.25, 0.3) is 5.91 Å². The predicted molar refractivity (Wildman–Crippen MR) is 119 cm³/mol.